The van der Waals surface area contributed by atoms with Gasteiger partial charge in [0.1, 0.15) is 28.0 Å². The Bertz CT molecular complexity index is 1740. The Morgan fingerprint density at radius 1 is 1.14 bits per heavy atom. The Hall–Kier alpha value is -4.48. The minimum atomic E-state index is -0.874. The van der Waals surface area contributed by atoms with Gasteiger partial charge < -0.3 is 25.8 Å². The average molecular weight is 715 g/mol. The number of halogens is 2. The van der Waals surface area contributed by atoms with Gasteiger partial charge in [-0.3, -0.25) is 19.1 Å². The number of hydrogen-bond donors (Lipinski definition) is 3. The number of thiazole rings is 1. The minimum absolute atomic E-state index is 0.0118. The molecule has 3 aromatic rings. The number of nitrogens with one attached hydrogen (secondary N) is 2. The zero-order valence-corrected chi connectivity index (χ0v) is 29.0. The molecule has 0 saturated heterocycles. The van der Waals surface area contributed by atoms with Crippen LogP contribution in [-0.4, -0.2) is 86.7 Å². The monoisotopic (exact) mass is 714 g/mol. The molecular weight excluding hydrogens is 672 g/mol. The topological polar surface area (TPSA) is 179 Å². The van der Waals surface area contributed by atoms with Crippen molar-refractivity contribution < 1.29 is 37.3 Å². The third-order valence-corrected chi connectivity index (χ3v) is 9.37. The molecule has 0 spiro atoms. The van der Waals surface area contributed by atoms with Gasteiger partial charge in [0.2, 0.25) is 11.9 Å². The van der Waals surface area contributed by atoms with Gasteiger partial charge in [0, 0.05) is 31.1 Å². The highest BCUT2D eigenvalue weighted by Crippen LogP contribution is 2.34. The van der Waals surface area contributed by atoms with Gasteiger partial charge in [0.25, 0.3) is 5.91 Å². The molecule has 1 unspecified atom stereocenters. The number of nitrogens with zero attached hydrogens (tertiary/aromatic N) is 6. The van der Waals surface area contributed by atoms with Crippen LogP contribution in [0.4, 0.5) is 14.5 Å². The van der Waals surface area contributed by atoms with Crippen molar-refractivity contribution in [2.24, 2.45) is 16.8 Å². The second kappa shape index (κ2) is 17.0. The number of esters is 1. The van der Waals surface area contributed by atoms with Crippen LogP contribution in [0.3, 0.4) is 0 Å². The SMILES string of the molecule is CCOC1CCC(n2cc(NC(=O)c3csc(C4C=N[N+](COC(=O)CCCNC(=O)[C@H](N)C(C)C)=C4)n3)c(-c3nc(F)ccc3F)n2)CC1. The minimum Gasteiger partial charge on any atom is -0.403 e. The summed E-state index contributed by atoms with van der Waals surface area (Å²) in [6.07, 6.45) is 8.84. The van der Waals surface area contributed by atoms with Crippen LogP contribution in [0.25, 0.3) is 11.4 Å². The first kappa shape index (κ1) is 36.8. The van der Waals surface area contributed by atoms with Crippen molar-refractivity contribution in [3.8, 4) is 11.4 Å². The number of rotatable bonds is 15. The van der Waals surface area contributed by atoms with Crippen molar-refractivity contribution in [2.45, 2.75) is 83.4 Å². The summed E-state index contributed by atoms with van der Waals surface area (Å²) in [6.45, 7) is 6.51. The lowest BCUT2D eigenvalue weighted by Crippen LogP contribution is -2.44. The molecule has 1 aliphatic heterocycles. The molecule has 4 heterocycles. The molecular formula is C33H42F2N9O5S+. The first-order valence-electron chi connectivity index (χ1n) is 16.7. The van der Waals surface area contributed by atoms with Crippen LogP contribution in [0.15, 0.2) is 28.8 Å². The second-order valence-electron chi connectivity index (χ2n) is 12.4. The average Bonchev–Trinajstić information content (AvgIpc) is 3.87. The fourth-order valence-corrected chi connectivity index (χ4v) is 6.39. The normalized spacial score (nSPS) is 19.3. The molecule has 0 radical (unpaired) electrons. The van der Waals surface area contributed by atoms with Crippen LogP contribution in [0.2, 0.25) is 0 Å². The summed E-state index contributed by atoms with van der Waals surface area (Å²) in [5.74, 6) is -3.26. The van der Waals surface area contributed by atoms with Crippen LogP contribution in [0.5, 0.6) is 0 Å². The maximum Gasteiger partial charge on any atom is 0.319 e. The van der Waals surface area contributed by atoms with Crippen molar-refractivity contribution in [2.75, 3.05) is 25.2 Å². The third-order valence-electron chi connectivity index (χ3n) is 8.42. The quantitative estimate of drug-likeness (QED) is 0.0909. The molecule has 1 aliphatic carbocycles. The predicted molar refractivity (Wildman–Crippen MR) is 182 cm³/mol. The number of hydrazone groups is 1. The fourth-order valence-electron chi connectivity index (χ4n) is 5.57. The Kier molecular flexibility index (Phi) is 12.5. The van der Waals surface area contributed by atoms with Crippen LogP contribution < -0.4 is 16.4 Å². The molecule has 14 nitrogen and oxygen atoms in total. The third kappa shape index (κ3) is 9.39. The van der Waals surface area contributed by atoms with Gasteiger partial charge in [-0.05, 0) is 62.2 Å². The number of ether oxygens (including phenoxy) is 2. The molecule has 268 valence electrons. The summed E-state index contributed by atoms with van der Waals surface area (Å²) in [5, 5.41) is 16.4. The molecule has 2 aliphatic rings. The number of carbonyl (C=O) groups is 3. The van der Waals surface area contributed by atoms with E-state index in [9.17, 15) is 23.2 Å². The highest BCUT2D eigenvalue weighted by Gasteiger charge is 2.29. The predicted octanol–water partition coefficient (Wildman–Crippen LogP) is 4.00. The van der Waals surface area contributed by atoms with E-state index >= 15 is 0 Å². The van der Waals surface area contributed by atoms with Crippen LogP contribution >= 0.6 is 11.3 Å². The maximum atomic E-state index is 14.8. The number of anilines is 1. The van der Waals surface area contributed by atoms with Crippen LogP contribution in [0, 0.1) is 17.7 Å². The van der Waals surface area contributed by atoms with Crippen molar-refractivity contribution in [1.82, 2.24) is 25.1 Å². The summed E-state index contributed by atoms with van der Waals surface area (Å²) in [6, 6.07) is 1.28. The Morgan fingerprint density at radius 3 is 2.66 bits per heavy atom. The van der Waals surface area contributed by atoms with Crippen molar-refractivity contribution in [3.63, 3.8) is 0 Å². The number of carbonyl (C=O) groups excluding carboxylic acids is 3. The van der Waals surface area contributed by atoms with E-state index in [-0.39, 0.29) is 65.8 Å². The molecule has 1 saturated carbocycles. The van der Waals surface area contributed by atoms with E-state index in [1.807, 2.05) is 20.8 Å². The number of amides is 2. The Balaban J connectivity index is 1.18. The largest absolute Gasteiger partial charge is 0.403 e. The maximum absolute atomic E-state index is 14.8. The standard InChI is InChI=1S/C33H41F2N9O5S/c1-4-48-22-9-7-21(8-10-22)44-16-24(30(42-44)29-23(34)11-12-26(35)41-29)39-31(46)25-17-50-33(40-25)20-14-38-43(15-20)18-49-27(45)6-5-13-37-32(47)28(36)19(2)3/h11-12,14-17,19-22,28H,4-10,13,18,36H2,1-3H3,(H-,37,39,46,47)/p+1/t20?,21?,22?,28-/m1/s1. The first-order chi connectivity index (χ1) is 24.0. The molecule has 0 bridgehead atoms. The summed E-state index contributed by atoms with van der Waals surface area (Å²) < 4.78 is 43.1. The fraction of sp³-hybridized carbons (Fsp3) is 0.515. The van der Waals surface area contributed by atoms with Crippen molar-refractivity contribution >= 4 is 47.2 Å². The molecule has 1 fully saturated rings. The van der Waals surface area contributed by atoms with Gasteiger partial charge in [-0.1, -0.05) is 18.5 Å². The molecule has 50 heavy (non-hydrogen) atoms. The van der Waals surface area contributed by atoms with E-state index in [1.165, 1.54) is 16.0 Å². The zero-order chi connectivity index (χ0) is 35.8. The van der Waals surface area contributed by atoms with Crippen molar-refractivity contribution in [1.29, 1.82) is 0 Å². The highest BCUT2D eigenvalue weighted by molar-refractivity contribution is 7.10. The van der Waals surface area contributed by atoms with Gasteiger partial charge >= 0.3 is 12.7 Å². The van der Waals surface area contributed by atoms with Gasteiger partial charge in [-0.25, -0.2) is 14.4 Å². The number of aromatic nitrogens is 4. The molecule has 4 N–H and O–H groups in total. The van der Waals surface area contributed by atoms with Crippen LogP contribution in [0.1, 0.15) is 86.8 Å². The first-order valence-corrected chi connectivity index (χ1v) is 17.5. The van der Waals surface area contributed by atoms with Gasteiger partial charge in [0.05, 0.1) is 30.1 Å². The number of nitrogens with two attached hydrogens (primary N) is 1. The van der Waals surface area contributed by atoms with E-state index in [2.05, 4.69) is 30.8 Å². The molecule has 3 aromatic heterocycles. The van der Waals surface area contributed by atoms with Gasteiger partial charge in [0.15, 0.2) is 12.0 Å². The molecule has 17 heteroatoms. The van der Waals surface area contributed by atoms with E-state index in [0.29, 0.717) is 24.6 Å². The van der Waals surface area contributed by atoms with Gasteiger partial charge in [-0.15, -0.1) is 11.3 Å². The number of pyridine rings is 1. The lowest BCUT2D eigenvalue weighted by Gasteiger charge is -2.28. The summed E-state index contributed by atoms with van der Waals surface area (Å²) in [4.78, 5) is 45.7. The summed E-state index contributed by atoms with van der Waals surface area (Å²) >= 11 is 1.24. The van der Waals surface area contributed by atoms with E-state index < -0.39 is 29.7 Å². The Morgan fingerprint density at radius 2 is 1.92 bits per heavy atom. The smallest absolute Gasteiger partial charge is 0.319 e. The molecule has 2 atom stereocenters. The molecule has 2 amide bonds. The van der Waals surface area contributed by atoms with Crippen molar-refractivity contribution in [3.05, 3.63) is 46.2 Å². The van der Waals surface area contributed by atoms with Crippen LogP contribution in [-0.2, 0) is 19.1 Å². The summed E-state index contributed by atoms with van der Waals surface area (Å²) in [7, 11) is 0. The zero-order valence-electron chi connectivity index (χ0n) is 28.2. The molecule has 0 aromatic carbocycles. The van der Waals surface area contributed by atoms with E-state index in [0.717, 1.165) is 37.8 Å². The summed E-state index contributed by atoms with van der Waals surface area (Å²) in [5.41, 5.74) is 5.80. The highest BCUT2D eigenvalue weighted by atomic mass is 32.1. The second-order valence-corrected chi connectivity index (χ2v) is 13.3. The van der Waals surface area contributed by atoms with E-state index in [1.54, 1.807) is 28.7 Å². The molecule has 5 rings (SSSR count). The lowest BCUT2D eigenvalue weighted by molar-refractivity contribution is -0.560. The van der Waals surface area contributed by atoms with E-state index in [4.69, 9.17) is 15.2 Å². The lowest BCUT2D eigenvalue weighted by atomic mass is 9.93. The van der Waals surface area contributed by atoms with Gasteiger partial charge in [-0.2, -0.15) is 9.49 Å². The number of hydrogen-bond acceptors (Lipinski definition) is 11. The Labute approximate surface area is 292 Å².